The highest BCUT2D eigenvalue weighted by Crippen LogP contribution is 2.22. The SMILES string of the molecule is ClCCCCCCOC1CCC1. The fourth-order valence-corrected chi connectivity index (χ4v) is 1.53. The van der Waals surface area contributed by atoms with Crippen LogP contribution in [0.25, 0.3) is 0 Å². The molecule has 0 unspecified atom stereocenters. The molecule has 0 saturated heterocycles. The molecule has 0 aromatic rings. The number of hydrogen-bond acceptors (Lipinski definition) is 1. The summed E-state index contributed by atoms with van der Waals surface area (Å²) in [5, 5.41) is 0. The molecule has 0 N–H and O–H groups in total. The highest BCUT2D eigenvalue weighted by molar-refractivity contribution is 6.17. The van der Waals surface area contributed by atoms with E-state index in [9.17, 15) is 0 Å². The Hall–Kier alpha value is 0.250. The molecule has 0 radical (unpaired) electrons. The third-order valence-electron chi connectivity index (χ3n) is 2.43. The Labute approximate surface area is 80.4 Å². The van der Waals surface area contributed by atoms with Crippen molar-refractivity contribution in [1.82, 2.24) is 0 Å². The maximum Gasteiger partial charge on any atom is 0.0575 e. The van der Waals surface area contributed by atoms with E-state index in [0.717, 1.165) is 18.9 Å². The molecular weight excluding hydrogens is 172 g/mol. The Kier molecular flexibility index (Phi) is 5.80. The maximum atomic E-state index is 5.63. The van der Waals surface area contributed by atoms with Crippen molar-refractivity contribution in [2.45, 2.75) is 51.0 Å². The summed E-state index contributed by atoms with van der Waals surface area (Å²) in [6.45, 7) is 0.965. The third kappa shape index (κ3) is 4.32. The molecule has 1 saturated carbocycles. The first-order chi connectivity index (χ1) is 5.93. The summed E-state index contributed by atoms with van der Waals surface area (Å²) in [6, 6.07) is 0. The van der Waals surface area contributed by atoms with Crippen molar-refractivity contribution in [2.24, 2.45) is 0 Å². The van der Waals surface area contributed by atoms with Crippen LogP contribution in [0.15, 0.2) is 0 Å². The van der Waals surface area contributed by atoms with Gasteiger partial charge < -0.3 is 4.74 Å². The molecule has 72 valence electrons. The van der Waals surface area contributed by atoms with E-state index in [1.807, 2.05) is 0 Å². The van der Waals surface area contributed by atoms with E-state index >= 15 is 0 Å². The molecule has 1 aliphatic rings. The Morgan fingerprint density at radius 3 is 2.42 bits per heavy atom. The average molecular weight is 191 g/mol. The number of alkyl halides is 1. The van der Waals surface area contributed by atoms with E-state index in [2.05, 4.69) is 0 Å². The van der Waals surface area contributed by atoms with Crippen LogP contribution >= 0.6 is 11.6 Å². The van der Waals surface area contributed by atoms with Gasteiger partial charge in [0.1, 0.15) is 0 Å². The molecule has 0 amide bonds. The van der Waals surface area contributed by atoms with Crippen molar-refractivity contribution < 1.29 is 4.74 Å². The zero-order chi connectivity index (χ0) is 8.65. The molecule has 0 heterocycles. The Bertz CT molecular complexity index is 102. The first kappa shape index (κ1) is 10.3. The zero-order valence-corrected chi connectivity index (χ0v) is 8.48. The van der Waals surface area contributed by atoms with Crippen LogP contribution < -0.4 is 0 Å². The van der Waals surface area contributed by atoms with Gasteiger partial charge in [-0.05, 0) is 32.1 Å². The average Bonchev–Trinajstić information content (AvgIpc) is 2.00. The summed E-state index contributed by atoms with van der Waals surface area (Å²) in [5.74, 6) is 0.809. The third-order valence-corrected chi connectivity index (χ3v) is 2.70. The van der Waals surface area contributed by atoms with Gasteiger partial charge >= 0.3 is 0 Å². The van der Waals surface area contributed by atoms with Crippen LogP contribution in [-0.4, -0.2) is 18.6 Å². The summed E-state index contributed by atoms with van der Waals surface area (Å²) >= 11 is 5.57. The van der Waals surface area contributed by atoms with Gasteiger partial charge in [-0.25, -0.2) is 0 Å². The second-order valence-corrected chi connectivity index (χ2v) is 3.90. The molecule has 0 atom stereocenters. The number of rotatable bonds is 7. The van der Waals surface area contributed by atoms with E-state index in [-0.39, 0.29) is 0 Å². The second kappa shape index (κ2) is 6.73. The van der Waals surface area contributed by atoms with E-state index in [4.69, 9.17) is 16.3 Å². The van der Waals surface area contributed by atoms with Gasteiger partial charge in [-0.3, -0.25) is 0 Å². The normalized spacial score (nSPS) is 17.8. The summed E-state index contributed by atoms with van der Waals surface area (Å²) in [5.41, 5.74) is 0. The quantitative estimate of drug-likeness (QED) is 0.442. The van der Waals surface area contributed by atoms with Gasteiger partial charge in [0.25, 0.3) is 0 Å². The van der Waals surface area contributed by atoms with Crippen LogP contribution in [0.3, 0.4) is 0 Å². The van der Waals surface area contributed by atoms with Crippen LogP contribution in [0.5, 0.6) is 0 Å². The van der Waals surface area contributed by atoms with Crippen LogP contribution in [0.4, 0.5) is 0 Å². The summed E-state index contributed by atoms with van der Waals surface area (Å²) in [6.07, 6.45) is 9.48. The van der Waals surface area contributed by atoms with Crippen molar-refractivity contribution in [2.75, 3.05) is 12.5 Å². The lowest BCUT2D eigenvalue weighted by atomic mass is 9.96. The minimum absolute atomic E-state index is 0.609. The molecule has 0 aromatic carbocycles. The molecule has 12 heavy (non-hydrogen) atoms. The van der Waals surface area contributed by atoms with Gasteiger partial charge in [-0.15, -0.1) is 11.6 Å². The standard InChI is InChI=1S/C10H19ClO/c11-8-3-1-2-4-9-12-10-6-5-7-10/h10H,1-9H2. The lowest BCUT2D eigenvalue weighted by molar-refractivity contribution is 0.000653. The molecule has 2 heteroatoms. The van der Waals surface area contributed by atoms with Crippen LogP contribution in [0, 0.1) is 0 Å². The number of unbranched alkanes of at least 4 members (excludes halogenated alkanes) is 3. The van der Waals surface area contributed by atoms with Crippen molar-refractivity contribution in [1.29, 1.82) is 0 Å². The smallest absolute Gasteiger partial charge is 0.0575 e. The van der Waals surface area contributed by atoms with Crippen molar-refractivity contribution in [3.8, 4) is 0 Å². The monoisotopic (exact) mass is 190 g/mol. The molecule has 1 rings (SSSR count). The van der Waals surface area contributed by atoms with E-state index in [1.54, 1.807) is 0 Å². The van der Waals surface area contributed by atoms with Crippen molar-refractivity contribution in [3.63, 3.8) is 0 Å². The van der Waals surface area contributed by atoms with Crippen LogP contribution in [-0.2, 0) is 4.74 Å². The molecule has 0 spiro atoms. The predicted molar refractivity (Wildman–Crippen MR) is 52.8 cm³/mol. The largest absolute Gasteiger partial charge is 0.378 e. The van der Waals surface area contributed by atoms with Gasteiger partial charge in [0, 0.05) is 12.5 Å². The van der Waals surface area contributed by atoms with Crippen molar-refractivity contribution in [3.05, 3.63) is 0 Å². The number of hydrogen-bond donors (Lipinski definition) is 0. The van der Waals surface area contributed by atoms with Gasteiger partial charge in [0.2, 0.25) is 0 Å². The highest BCUT2D eigenvalue weighted by Gasteiger charge is 2.16. The fraction of sp³-hybridized carbons (Fsp3) is 1.00. The topological polar surface area (TPSA) is 9.23 Å². The van der Waals surface area contributed by atoms with E-state index in [1.165, 1.54) is 38.5 Å². The Balaban J connectivity index is 1.70. The minimum atomic E-state index is 0.609. The molecular formula is C10H19ClO. The first-order valence-electron chi connectivity index (χ1n) is 5.11. The number of ether oxygens (including phenoxy) is 1. The molecule has 1 fully saturated rings. The molecule has 0 aromatic heterocycles. The number of halogens is 1. The second-order valence-electron chi connectivity index (χ2n) is 3.53. The summed E-state index contributed by atoms with van der Waals surface area (Å²) in [7, 11) is 0. The highest BCUT2D eigenvalue weighted by atomic mass is 35.5. The molecule has 1 nitrogen and oxygen atoms in total. The summed E-state index contributed by atoms with van der Waals surface area (Å²) in [4.78, 5) is 0. The van der Waals surface area contributed by atoms with E-state index in [0.29, 0.717) is 6.10 Å². The van der Waals surface area contributed by atoms with Gasteiger partial charge in [0.05, 0.1) is 6.10 Å². The zero-order valence-electron chi connectivity index (χ0n) is 7.73. The Morgan fingerprint density at radius 2 is 1.83 bits per heavy atom. The van der Waals surface area contributed by atoms with Gasteiger partial charge in [-0.1, -0.05) is 12.8 Å². The lowest BCUT2D eigenvalue weighted by Crippen LogP contribution is -2.21. The maximum absolute atomic E-state index is 5.63. The fourth-order valence-electron chi connectivity index (χ4n) is 1.34. The molecule has 1 aliphatic carbocycles. The Morgan fingerprint density at radius 1 is 1.08 bits per heavy atom. The minimum Gasteiger partial charge on any atom is -0.378 e. The lowest BCUT2D eigenvalue weighted by Gasteiger charge is -2.25. The van der Waals surface area contributed by atoms with Crippen LogP contribution in [0.1, 0.15) is 44.9 Å². The molecule has 0 bridgehead atoms. The van der Waals surface area contributed by atoms with Gasteiger partial charge in [0.15, 0.2) is 0 Å². The van der Waals surface area contributed by atoms with Gasteiger partial charge in [-0.2, -0.15) is 0 Å². The van der Waals surface area contributed by atoms with Crippen LogP contribution in [0.2, 0.25) is 0 Å². The molecule has 0 aliphatic heterocycles. The van der Waals surface area contributed by atoms with Crippen molar-refractivity contribution >= 4 is 11.6 Å². The summed E-state index contributed by atoms with van der Waals surface area (Å²) < 4.78 is 5.63. The first-order valence-corrected chi connectivity index (χ1v) is 5.64. The van der Waals surface area contributed by atoms with E-state index < -0.39 is 0 Å². The predicted octanol–water partition coefficient (Wildman–Crippen LogP) is 3.35.